The maximum Gasteiger partial charge on any atom is 0.327 e. The molecule has 0 atom stereocenters. The Morgan fingerprint density at radius 2 is 2.12 bits per heavy atom. The molecule has 1 aliphatic rings. The van der Waals surface area contributed by atoms with E-state index in [4.69, 9.17) is 0 Å². The molecule has 5 nitrogen and oxygen atoms in total. The Morgan fingerprint density at radius 3 is 2.81 bits per heavy atom. The van der Waals surface area contributed by atoms with Gasteiger partial charge in [-0.1, -0.05) is 0 Å². The van der Waals surface area contributed by atoms with Crippen LogP contribution in [0.2, 0.25) is 0 Å². The van der Waals surface area contributed by atoms with E-state index >= 15 is 0 Å². The molecule has 90 valence electrons. The Morgan fingerprint density at radius 1 is 1.31 bits per heavy atom. The minimum absolute atomic E-state index is 0.0583. The molecule has 0 unspecified atom stereocenters. The topological polar surface area (TPSA) is 42.2 Å². The minimum Gasteiger partial charge on any atom is -0.315 e. The van der Waals surface area contributed by atoms with Crippen LogP contribution in [0.4, 0.5) is 0 Å². The number of imidazole rings is 1. The average Bonchev–Trinajstić information content (AvgIpc) is 2.53. The maximum atomic E-state index is 11.6. The normalized spacial score (nSPS) is 18.6. The molecule has 5 heteroatoms. The van der Waals surface area contributed by atoms with E-state index in [9.17, 15) is 4.79 Å². The molecule has 1 N–H and O–H groups in total. The van der Waals surface area contributed by atoms with E-state index in [1.807, 2.05) is 13.2 Å². The first-order chi connectivity index (χ1) is 7.68. The Bertz CT molecular complexity index is 399. The summed E-state index contributed by atoms with van der Waals surface area (Å²) in [7, 11) is 3.64. The molecule has 1 fully saturated rings. The van der Waals surface area contributed by atoms with Crippen LogP contribution in [0.15, 0.2) is 11.0 Å². The molecular formula is C11H20N4O. The van der Waals surface area contributed by atoms with E-state index in [0.717, 1.165) is 38.4 Å². The van der Waals surface area contributed by atoms with E-state index in [0.29, 0.717) is 0 Å². The highest BCUT2D eigenvalue weighted by Crippen LogP contribution is 2.04. The van der Waals surface area contributed by atoms with E-state index in [-0.39, 0.29) is 5.69 Å². The van der Waals surface area contributed by atoms with E-state index in [2.05, 4.69) is 10.2 Å². The van der Waals surface area contributed by atoms with Crippen LogP contribution in [-0.4, -0.2) is 40.2 Å². The summed E-state index contributed by atoms with van der Waals surface area (Å²) in [6.07, 6.45) is 3.11. The lowest BCUT2D eigenvalue weighted by atomic mass is 10.3. The Kier molecular flexibility index (Phi) is 3.46. The van der Waals surface area contributed by atoms with Gasteiger partial charge in [0.15, 0.2) is 0 Å². The lowest BCUT2D eigenvalue weighted by Gasteiger charge is -2.18. The van der Waals surface area contributed by atoms with Crippen LogP contribution >= 0.6 is 0 Å². The summed E-state index contributed by atoms with van der Waals surface area (Å²) in [5.74, 6) is 0. The predicted octanol–water partition coefficient (Wildman–Crippen LogP) is -0.481. The maximum absolute atomic E-state index is 11.6. The van der Waals surface area contributed by atoms with Crippen LogP contribution in [0.3, 0.4) is 0 Å². The molecule has 0 bridgehead atoms. The molecular weight excluding hydrogens is 204 g/mol. The summed E-state index contributed by atoms with van der Waals surface area (Å²) in [4.78, 5) is 14.0. The highest BCUT2D eigenvalue weighted by atomic mass is 16.1. The van der Waals surface area contributed by atoms with Gasteiger partial charge in [-0.05, 0) is 19.5 Å². The smallest absolute Gasteiger partial charge is 0.315 e. The number of nitrogens with zero attached hydrogens (tertiary/aromatic N) is 3. The first kappa shape index (κ1) is 11.4. The van der Waals surface area contributed by atoms with Crippen LogP contribution < -0.4 is 11.0 Å². The summed E-state index contributed by atoms with van der Waals surface area (Å²) in [6, 6.07) is 0. The predicted molar refractivity (Wildman–Crippen MR) is 63.4 cm³/mol. The highest BCUT2D eigenvalue weighted by molar-refractivity contribution is 4.99. The van der Waals surface area contributed by atoms with Gasteiger partial charge in [-0.15, -0.1) is 0 Å². The molecule has 0 radical (unpaired) electrons. The lowest BCUT2D eigenvalue weighted by molar-refractivity contribution is 0.278. The summed E-state index contributed by atoms with van der Waals surface area (Å²) >= 11 is 0. The zero-order chi connectivity index (χ0) is 11.5. The fourth-order valence-corrected chi connectivity index (χ4v) is 2.16. The SMILES string of the molecule is Cn1cc(CN2CCCNCC2)n(C)c1=O. The molecule has 16 heavy (non-hydrogen) atoms. The van der Waals surface area contributed by atoms with Gasteiger partial charge in [-0.3, -0.25) is 9.47 Å². The summed E-state index contributed by atoms with van der Waals surface area (Å²) in [5.41, 5.74) is 1.15. The van der Waals surface area contributed by atoms with Crippen molar-refractivity contribution >= 4 is 0 Å². The third kappa shape index (κ3) is 2.36. The number of aromatic nitrogens is 2. The van der Waals surface area contributed by atoms with Crippen LogP contribution in [-0.2, 0) is 20.6 Å². The fourth-order valence-electron chi connectivity index (χ4n) is 2.16. The molecule has 2 rings (SSSR count). The molecule has 1 aromatic heterocycles. The van der Waals surface area contributed by atoms with Crippen molar-refractivity contribution in [3.05, 3.63) is 22.4 Å². The molecule has 2 heterocycles. The van der Waals surface area contributed by atoms with Crippen molar-refractivity contribution < 1.29 is 0 Å². The highest BCUT2D eigenvalue weighted by Gasteiger charge is 2.12. The van der Waals surface area contributed by atoms with Crippen molar-refractivity contribution in [1.29, 1.82) is 0 Å². The number of hydrogen-bond donors (Lipinski definition) is 1. The molecule has 0 aromatic carbocycles. The van der Waals surface area contributed by atoms with Crippen molar-refractivity contribution in [2.75, 3.05) is 26.2 Å². The Balaban J connectivity index is 2.07. The molecule has 0 amide bonds. The third-order valence-electron chi connectivity index (χ3n) is 3.18. The van der Waals surface area contributed by atoms with Crippen LogP contribution in [0.1, 0.15) is 12.1 Å². The van der Waals surface area contributed by atoms with Gasteiger partial charge >= 0.3 is 5.69 Å². The van der Waals surface area contributed by atoms with Gasteiger partial charge in [0.2, 0.25) is 0 Å². The second-order valence-corrected chi connectivity index (χ2v) is 4.45. The molecule has 1 saturated heterocycles. The monoisotopic (exact) mass is 224 g/mol. The molecule has 0 aliphatic carbocycles. The number of nitrogens with one attached hydrogen (secondary N) is 1. The second kappa shape index (κ2) is 4.84. The van der Waals surface area contributed by atoms with E-state index in [1.54, 1.807) is 16.2 Å². The van der Waals surface area contributed by atoms with Crippen LogP contribution in [0, 0.1) is 0 Å². The van der Waals surface area contributed by atoms with Crippen molar-refractivity contribution in [3.8, 4) is 0 Å². The van der Waals surface area contributed by atoms with Gasteiger partial charge in [0.05, 0.1) is 5.69 Å². The molecule has 1 aliphatic heterocycles. The summed E-state index contributed by atoms with van der Waals surface area (Å²) in [5, 5.41) is 3.38. The van der Waals surface area contributed by atoms with Crippen LogP contribution in [0.25, 0.3) is 0 Å². The molecule has 0 spiro atoms. The van der Waals surface area contributed by atoms with Crippen molar-refractivity contribution in [2.45, 2.75) is 13.0 Å². The Hall–Kier alpha value is -1.07. The molecule has 1 aromatic rings. The molecule has 0 saturated carbocycles. The quantitative estimate of drug-likeness (QED) is 0.738. The minimum atomic E-state index is 0.0583. The van der Waals surface area contributed by atoms with Crippen molar-refractivity contribution in [3.63, 3.8) is 0 Å². The van der Waals surface area contributed by atoms with Gasteiger partial charge in [0, 0.05) is 39.9 Å². The zero-order valence-electron chi connectivity index (χ0n) is 10.1. The fraction of sp³-hybridized carbons (Fsp3) is 0.727. The third-order valence-corrected chi connectivity index (χ3v) is 3.18. The summed E-state index contributed by atoms with van der Waals surface area (Å²) in [6.45, 7) is 5.18. The van der Waals surface area contributed by atoms with Crippen molar-refractivity contribution in [1.82, 2.24) is 19.4 Å². The van der Waals surface area contributed by atoms with Gasteiger partial charge in [0.1, 0.15) is 0 Å². The number of hydrogen-bond acceptors (Lipinski definition) is 3. The number of rotatable bonds is 2. The van der Waals surface area contributed by atoms with E-state index in [1.165, 1.54) is 6.42 Å². The average molecular weight is 224 g/mol. The Labute approximate surface area is 95.7 Å². The number of aryl methyl sites for hydroxylation is 1. The lowest BCUT2D eigenvalue weighted by Crippen LogP contribution is -2.29. The first-order valence-corrected chi connectivity index (χ1v) is 5.83. The van der Waals surface area contributed by atoms with Crippen LogP contribution in [0.5, 0.6) is 0 Å². The summed E-state index contributed by atoms with van der Waals surface area (Å²) < 4.78 is 3.38. The standard InChI is InChI=1S/C11H20N4O/c1-13-8-10(14(2)11(13)16)9-15-6-3-4-12-5-7-15/h8,12H,3-7,9H2,1-2H3. The largest absolute Gasteiger partial charge is 0.327 e. The van der Waals surface area contributed by atoms with Gasteiger partial charge < -0.3 is 9.88 Å². The van der Waals surface area contributed by atoms with Crippen molar-refractivity contribution in [2.24, 2.45) is 14.1 Å². The zero-order valence-corrected chi connectivity index (χ0v) is 10.1. The van der Waals surface area contributed by atoms with E-state index < -0.39 is 0 Å². The second-order valence-electron chi connectivity index (χ2n) is 4.45. The van der Waals surface area contributed by atoms with Gasteiger partial charge in [-0.25, -0.2) is 4.79 Å². The first-order valence-electron chi connectivity index (χ1n) is 5.83. The van der Waals surface area contributed by atoms with Gasteiger partial charge in [-0.2, -0.15) is 0 Å². The van der Waals surface area contributed by atoms with Gasteiger partial charge in [0.25, 0.3) is 0 Å².